The van der Waals surface area contributed by atoms with E-state index < -0.39 is 5.97 Å². The van der Waals surface area contributed by atoms with Crippen LogP contribution in [0.2, 0.25) is 0 Å². The summed E-state index contributed by atoms with van der Waals surface area (Å²) in [5, 5.41) is 10.3. The summed E-state index contributed by atoms with van der Waals surface area (Å²) in [6.07, 6.45) is 7.88. The van der Waals surface area contributed by atoms with Crippen molar-refractivity contribution in [3.63, 3.8) is 0 Å². The molecule has 0 fully saturated rings. The topological polar surface area (TPSA) is 138 Å². The third-order valence-corrected chi connectivity index (χ3v) is 7.81. The number of fused-ring (bicyclic) bond motifs is 2. The molecule has 0 saturated carbocycles. The number of hydrogen-bond acceptors (Lipinski definition) is 9. The molecule has 0 aliphatic heterocycles. The molecule has 0 amide bonds. The third-order valence-electron chi connectivity index (χ3n) is 7.14. The molecule has 0 spiro atoms. The van der Waals surface area contributed by atoms with Crippen molar-refractivity contribution < 1.29 is 19.1 Å². The van der Waals surface area contributed by atoms with Gasteiger partial charge in [-0.25, -0.2) is 29.5 Å². The molecular weight excluding hydrogens is 685 g/mol. The normalized spacial score (nSPS) is 10.7. The smallest absolute Gasteiger partial charge is 0.338 e. The zero-order chi connectivity index (χ0) is 32.1. The van der Waals surface area contributed by atoms with Crippen LogP contribution in [0, 0.1) is 14.9 Å². The Bertz CT molecular complexity index is 2090. The molecule has 226 valence electrons. The van der Waals surface area contributed by atoms with Crippen molar-refractivity contribution in [3.05, 3.63) is 93.8 Å². The molecule has 2 aromatic carbocycles. The van der Waals surface area contributed by atoms with E-state index in [2.05, 4.69) is 48.6 Å². The van der Waals surface area contributed by atoms with Crippen molar-refractivity contribution in [1.29, 1.82) is 5.26 Å². The Labute approximate surface area is 272 Å². The van der Waals surface area contributed by atoms with Gasteiger partial charge >= 0.3 is 11.9 Å². The van der Waals surface area contributed by atoms with Crippen molar-refractivity contribution in [2.75, 3.05) is 14.2 Å². The number of imidazole rings is 2. The highest BCUT2D eigenvalue weighted by molar-refractivity contribution is 14.1. The summed E-state index contributed by atoms with van der Waals surface area (Å²) in [4.78, 5) is 41.8. The maximum absolute atomic E-state index is 12.2. The van der Waals surface area contributed by atoms with Crippen molar-refractivity contribution in [1.82, 2.24) is 29.1 Å². The number of benzene rings is 2. The second kappa shape index (κ2) is 13.6. The molecule has 6 aromatic rings. The van der Waals surface area contributed by atoms with E-state index in [1.807, 2.05) is 59.6 Å². The van der Waals surface area contributed by atoms with Crippen LogP contribution in [-0.2, 0) is 30.0 Å². The Hall–Kier alpha value is -5.16. The van der Waals surface area contributed by atoms with E-state index in [-0.39, 0.29) is 5.97 Å². The summed E-state index contributed by atoms with van der Waals surface area (Å²) < 4.78 is 14.6. The summed E-state index contributed by atoms with van der Waals surface area (Å²) in [7, 11) is 6.50. The first-order valence-corrected chi connectivity index (χ1v) is 14.8. The Kier molecular flexibility index (Phi) is 9.48. The molecule has 0 radical (unpaired) electrons. The fourth-order valence-electron chi connectivity index (χ4n) is 4.85. The monoisotopic (exact) mass is 713 g/mol. The summed E-state index contributed by atoms with van der Waals surface area (Å²) in [5.41, 5.74) is 6.44. The van der Waals surface area contributed by atoms with Gasteiger partial charge in [-0.05, 0) is 77.0 Å². The maximum atomic E-state index is 12.2. The third kappa shape index (κ3) is 6.68. The number of pyridine rings is 2. The Morgan fingerprint density at radius 2 is 1.31 bits per heavy atom. The molecule has 6 rings (SSSR count). The number of hydrogen-bond donors (Lipinski definition) is 0. The quantitative estimate of drug-likeness (QED) is 0.153. The van der Waals surface area contributed by atoms with Crippen LogP contribution in [0.5, 0.6) is 0 Å². The van der Waals surface area contributed by atoms with Gasteiger partial charge in [0.1, 0.15) is 0 Å². The molecule has 45 heavy (non-hydrogen) atoms. The number of carbonyl (C=O) groups is 2. The summed E-state index contributed by atoms with van der Waals surface area (Å²) >= 11 is 2.21. The lowest BCUT2D eigenvalue weighted by Crippen LogP contribution is -2.05. The number of nitriles is 1. The van der Waals surface area contributed by atoms with Gasteiger partial charge in [0.15, 0.2) is 0 Å². The first kappa shape index (κ1) is 31.3. The Morgan fingerprint density at radius 1 is 0.800 bits per heavy atom. The predicted molar refractivity (Wildman–Crippen MR) is 177 cm³/mol. The average molecular weight is 714 g/mol. The van der Waals surface area contributed by atoms with Gasteiger partial charge in [0, 0.05) is 34.9 Å². The van der Waals surface area contributed by atoms with E-state index >= 15 is 0 Å². The van der Waals surface area contributed by atoms with E-state index in [0.717, 1.165) is 36.8 Å². The van der Waals surface area contributed by atoms with E-state index in [1.165, 1.54) is 14.2 Å². The molecule has 0 aliphatic carbocycles. The zero-order valence-electron chi connectivity index (χ0n) is 25.0. The number of rotatable bonds is 6. The molecule has 0 aliphatic rings. The number of esters is 2. The van der Waals surface area contributed by atoms with Gasteiger partial charge in [0.05, 0.1) is 90.3 Å². The molecule has 4 aromatic heterocycles. The number of nitrogens with zero attached hydrogens (tertiary/aromatic N) is 7. The second-order valence-electron chi connectivity index (χ2n) is 10.0. The maximum Gasteiger partial charge on any atom is 0.338 e. The Balaban J connectivity index is 0.000000179. The van der Waals surface area contributed by atoms with Crippen molar-refractivity contribution in [2.45, 2.75) is 12.8 Å². The number of methoxy groups -OCH3 is 2. The van der Waals surface area contributed by atoms with Gasteiger partial charge in [-0.1, -0.05) is 6.07 Å². The molecule has 11 nitrogen and oxygen atoms in total. The molecule has 0 bridgehead atoms. The van der Waals surface area contributed by atoms with Gasteiger partial charge in [-0.15, -0.1) is 0 Å². The van der Waals surface area contributed by atoms with Gasteiger partial charge in [0.2, 0.25) is 0 Å². The minimum atomic E-state index is -0.414. The fourth-order valence-corrected chi connectivity index (χ4v) is 5.35. The van der Waals surface area contributed by atoms with Crippen molar-refractivity contribution in [3.8, 4) is 28.8 Å². The molecule has 0 N–H and O–H groups in total. The molecule has 0 saturated heterocycles. The standard InChI is InChI=1S/C18H16N4O2.C15H12IN3O2/c1-22-11-20-10-17(22)16-9-14(18(23)24-2)13-8-12(4-3-7-19)5-6-15(13)21-16;1-19-8-17-7-14(19)13-6-11(15(20)21-2)10-5-9(16)3-4-12(10)18-13/h5-6,8-11H,3-4H2,1-2H3;3-8H,1-2H3. The highest BCUT2D eigenvalue weighted by atomic mass is 127. The van der Waals surface area contributed by atoms with Crippen LogP contribution in [0.1, 0.15) is 32.7 Å². The fraction of sp³-hybridized carbons (Fsp3) is 0.182. The lowest BCUT2D eigenvalue weighted by atomic mass is 10.0. The first-order chi connectivity index (χ1) is 21.7. The van der Waals surface area contributed by atoms with Gasteiger partial charge in [-0.3, -0.25) is 0 Å². The van der Waals surface area contributed by atoms with E-state index in [4.69, 9.17) is 14.7 Å². The summed E-state index contributed by atoms with van der Waals surface area (Å²) in [5.74, 6) is -0.781. The number of aromatic nitrogens is 6. The summed E-state index contributed by atoms with van der Waals surface area (Å²) in [6.45, 7) is 0. The molecule has 12 heteroatoms. The van der Waals surface area contributed by atoms with Crippen LogP contribution in [-0.4, -0.2) is 55.2 Å². The molecule has 0 atom stereocenters. The number of aryl methyl sites for hydroxylation is 3. The van der Waals surface area contributed by atoms with Crippen molar-refractivity contribution >= 4 is 56.3 Å². The van der Waals surface area contributed by atoms with Crippen LogP contribution in [0.3, 0.4) is 0 Å². The number of carbonyl (C=O) groups excluding carboxylic acids is 2. The minimum Gasteiger partial charge on any atom is -0.465 e. The van der Waals surface area contributed by atoms with E-state index in [1.54, 1.807) is 37.2 Å². The zero-order valence-corrected chi connectivity index (χ0v) is 27.1. The van der Waals surface area contributed by atoms with Crippen LogP contribution < -0.4 is 0 Å². The Morgan fingerprint density at radius 3 is 1.78 bits per heavy atom. The lowest BCUT2D eigenvalue weighted by Gasteiger charge is -2.10. The SMILES string of the molecule is COC(=O)c1cc(-c2cncn2C)nc2ccc(CCC#N)cc12.COC(=O)c1cc(-c2cncn2C)nc2ccc(I)cc12. The van der Waals surface area contributed by atoms with Crippen LogP contribution in [0.15, 0.2) is 73.6 Å². The van der Waals surface area contributed by atoms with E-state index in [0.29, 0.717) is 40.9 Å². The molecule has 0 unspecified atom stereocenters. The molecule has 4 heterocycles. The lowest BCUT2D eigenvalue weighted by molar-refractivity contribution is 0.0594. The van der Waals surface area contributed by atoms with Gasteiger partial charge in [0.25, 0.3) is 0 Å². The molecular formula is C33H28IN7O4. The summed E-state index contributed by atoms with van der Waals surface area (Å²) in [6, 6.07) is 17.1. The van der Waals surface area contributed by atoms with Crippen molar-refractivity contribution in [2.24, 2.45) is 14.1 Å². The second-order valence-corrected chi connectivity index (χ2v) is 11.3. The largest absolute Gasteiger partial charge is 0.465 e. The van der Waals surface area contributed by atoms with Crippen LogP contribution in [0.25, 0.3) is 44.6 Å². The number of ether oxygens (including phenoxy) is 2. The van der Waals surface area contributed by atoms with Gasteiger partial charge < -0.3 is 18.6 Å². The highest BCUT2D eigenvalue weighted by Crippen LogP contribution is 2.28. The highest BCUT2D eigenvalue weighted by Gasteiger charge is 2.17. The average Bonchev–Trinajstić information content (AvgIpc) is 3.69. The van der Waals surface area contributed by atoms with Crippen LogP contribution >= 0.6 is 22.6 Å². The number of halogens is 1. The van der Waals surface area contributed by atoms with Crippen LogP contribution in [0.4, 0.5) is 0 Å². The minimum absolute atomic E-state index is 0.368. The predicted octanol–water partition coefficient (Wildman–Crippen LogP) is 5.90. The van der Waals surface area contributed by atoms with Gasteiger partial charge in [-0.2, -0.15) is 5.26 Å². The van der Waals surface area contributed by atoms with E-state index in [9.17, 15) is 9.59 Å². The first-order valence-electron chi connectivity index (χ1n) is 13.7.